The molecule has 0 bridgehead atoms. The number of benzene rings is 3. The molecule has 0 amide bonds. The summed E-state index contributed by atoms with van der Waals surface area (Å²) in [4.78, 5) is 4.94. The van der Waals surface area contributed by atoms with Gasteiger partial charge >= 0.3 is 0 Å². The summed E-state index contributed by atoms with van der Waals surface area (Å²) in [5, 5.41) is 8.30. The van der Waals surface area contributed by atoms with Gasteiger partial charge < -0.3 is 0 Å². The van der Waals surface area contributed by atoms with Crippen LogP contribution in [0.15, 0.2) is 96.1 Å². The minimum atomic E-state index is 0.143. The molecule has 1 unspecified atom stereocenters. The first-order chi connectivity index (χ1) is 13.8. The second-order valence-corrected chi connectivity index (χ2v) is 7.20. The average Bonchev–Trinajstić information content (AvgIpc) is 3.21. The van der Waals surface area contributed by atoms with Crippen molar-refractivity contribution in [2.24, 2.45) is 5.10 Å². The number of anilines is 1. The first-order valence-electron chi connectivity index (χ1n) is 9.63. The van der Waals surface area contributed by atoms with Crippen LogP contribution in [0.25, 0.3) is 10.9 Å². The van der Waals surface area contributed by atoms with Gasteiger partial charge in [0, 0.05) is 11.8 Å². The van der Waals surface area contributed by atoms with E-state index < -0.39 is 0 Å². The summed E-state index contributed by atoms with van der Waals surface area (Å²) in [7, 11) is 0. The number of hydrogen-bond acceptors (Lipinski definition) is 3. The van der Waals surface area contributed by atoms with Gasteiger partial charge in [-0.25, -0.2) is 9.99 Å². The quantitative estimate of drug-likeness (QED) is 0.453. The Morgan fingerprint density at radius 2 is 1.50 bits per heavy atom. The number of para-hydroxylation sites is 1. The summed E-state index contributed by atoms with van der Waals surface area (Å²) >= 11 is 0. The van der Waals surface area contributed by atoms with Crippen molar-refractivity contribution in [2.75, 3.05) is 5.01 Å². The summed E-state index contributed by atoms with van der Waals surface area (Å²) in [6.07, 6.45) is 0.863. The molecular formula is C25H21N3. The van der Waals surface area contributed by atoms with Gasteiger partial charge in [0.1, 0.15) is 5.82 Å². The lowest BCUT2D eigenvalue weighted by Crippen LogP contribution is -2.19. The molecule has 0 aliphatic carbocycles. The molecule has 136 valence electrons. The van der Waals surface area contributed by atoms with Gasteiger partial charge in [-0.2, -0.15) is 5.10 Å². The molecule has 28 heavy (non-hydrogen) atoms. The number of nitrogens with zero attached hydrogens (tertiary/aromatic N) is 3. The van der Waals surface area contributed by atoms with Gasteiger partial charge in [0.2, 0.25) is 0 Å². The fraction of sp³-hybridized carbons (Fsp3) is 0.120. The highest BCUT2D eigenvalue weighted by atomic mass is 15.5. The van der Waals surface area contributed by atoms with Gasteiger partial charge in [-0.05, 0) is 35.7 Å². The summed E-state index contributed by atoms with van der Waals surface area (Å²) in [5.74, 6) is 0.899. The van der Waals surface area contributed by atoms with Crippen LogP contribution in [0, 0.1) is 6.92 Å². The van der Waals surface area contributed by atoms with Gasteiger partial charge in [0.15, 0.2) is 0 Å². The fourth-order valence-corrected chi connectivity index (χ4v) is 3.91. The van der Waals surface area contributed by atoms with Crippen molar-refractivity contribution >= 4 is 22.4 Å². The minimum Gasteiger partial charge on any atom is -0.240 e. The number of aryl methyl sites for hydroxylation is 1. The molecule has 0 spiro atoms. The van der Waals surface area contributed by atoms with Crippen molar-refractivity contribution in [2.45, 2.75) is 19.4 Å². The van der Waals surface area contributed by atoms with Crippen LogP contribution in [0.2, 0.25) is 0 Å². The van der Waals surface area contributed by atoms with Crippen LogP contribution in [-0.2, 0) is 0 Å². The number of fused-ring (bicyclic) bond motifs is 1. The lowest BCUT2D eigenvalue weighted by molar-refractivity contribution is 0.700. The topological polar surface area (TPSA) is 28.5 Å². The Labute approximate surface area is 165 Å². The van der Waals surface area contributed by atoms with Crippen molar-refractivity contribution in [3.05, 3.63) is 108 Å². The maximum absolute atomic E-state index is 5.02. The van der Waals surface area contributed by atoms with Crippen LogP contribution in [0.3, 0.4) is 0 Å². The van der Waals surface area contributed by atoms with Crippen molar-refractivity contribution in [3.63, 3.8) is 0 Å². The third-order valence-corrected chi connectivity index (χ3v) is 5.35. The SMILES string of the molecule is Cc1cc(N2N=C(c3ccccc3)CC2c2ccccc2)nc2ccccc12. The zero-order valence-electron chi connectivity index (χ0n) is 15.8. The third-order valence-electron chi connectivity index (χ3n) is 5.35. The molecule has 2 heterocycles. The van der Waals surface area contributed by atoms with E-state index in [2.05, 4.69) is 90.8 Å². The van der Waals surface area contributed by atoms with Crippen LogP contribution in [0.5, 0.6) is 0 Å². The van der Waals surface area contributed by atoms with Crippen LogP contribution in [0.1, 0.15) is 29.2 Å². The predicted octanol–water partition coefficient (Wildman–Crippen LogP) is 5.90. The maximum atomic E-state index is 5.02. The van der Waals surface area contributed by atoms with E-state index in [0.29, 0.717) is 0 Å². The Morgan fingerprint density at radius 1 is 0.821 bits per heavy atom. The van der Waals surface area contributed by atoms with Crippen molar-refractivity contribution in [3.8, 4) is 0 Å². The summed E-state index contributed by atoms with van der Waals surface area (Å²) in [6.45, 7) is 2.14. The van der Waals surface area contributed by atoms with E-state index in [0.717, 1.165) is 23.5 Å². The van der Waals surface area contributed by atoms with E-state index >= 15 is 0 Å². The lowest BCUT2D eigenvalue weighted by Gasteiger charge is -2.23. The Morgan fingerprint density at radius 3 is 2.29 bits per heavy atom. The normalized spacial score (nSPS) is 16.4. The number of aromatic nitrogens is 1. The second-order valence-electron chi connectivity index (χ2n) is 7.20. The van der Waals surface area contributed by atoms with E-state index in [9.17, 15) is 0 Å². The zero-order chi connectivity index (χ0) is 18.9. The van der Waals surface area contributed by atoms with Gasteiger partial charge in [0.05, 0.1) is 17.3 Å². The number of hydrazone groups is 1. The van der Waals surface area contributed by atoms with Crippen LogP contribution in [-0.4, -0.2) is 10.7 Å². The molecule has 1 aromatic heterocycles. The highest BCUT2D eigenvalue weighted by molar-refractivity contribution is 6.03. The Hall–Kier alpha value is -3.46. The predicted molar refractivity (Wildman–Crippen MR) is 116 cm³/mol. The van der Waals surface area contributed by atoms with E-state index in [4.69, 9.17) is 10.1 Å². The van der Waals surface area contributed by atoms with Crippen LogP contribution < -0.4 is 5.01 Å². The van der Waals surface area contributed by atoms with Gasteiger partial charge in [-0.15, -0.1) is 0 Å². The molecule has 3 heteroatoms. The molecule has 1 aliphatic rings. The van der Waals surface area contributed by atoms with Gasteiger partial charge in [-0.3, -0.25) is 0 Å². The van der Waals surface area contributed by atoms with Crippen LogP contribution in [0.4, 0.5) is 5.82 Å². The Kier molecular flexibility index (Phi) is 4.13. The first kappa shape index (κ1) is 16.7. The highest BCUT2D eigenvalue weighted by Crippen LogP contribution is 2.37. The first-order valence-corrected chi connectivity index (χ1v) is 9.63. The molecular weight excluding hydrogens is 342 g/mol. The van der Waals surface area contributed by atoms with Crippen molar-refractivity contribution in [1.29, 1.82) is 0 Å². The smallest absolute Gasteiger partial charge is 0.150 e. The Bertz CT molecular complexity index is 1150. The Balaban J connectivity index is 1.64. The van der Waals surface area contributed by atoms with E-state index in [-0.39, 0.29) is 6.04 Å². The lowest BCUT2D eigenvalue weighted by atomic mass is 9.98. The monoisotopic (exact) mass is 363 g/mol. The summed E-state index contributed by atoms with van der Waals surface area (Å²) in [6, 6.07) is 31.6. The maximum Gasteiger partial charge on any atom is 0.150 e. The standard InChI is InChI=1S/C25H21N3/c1-18-16-25(26-22-15-9-8-14-21(18)22)28-24(20-12-6-3-7-13-20)17-23(27-28)19-10-4-2-5-11-19/h2-16,24H,17H2,1H3. The summed E-state index contributed by atoms with van der Waals surface area (Å²) in [5.41, 5.74) is 5.75. The number of pyridine rings is 1. The molecule has 3 nitrogen and oxygen atoms in total. The molecule has 0 saturated heterocycles. The summed E-state index contributed by atoms with van der Waals surface area (Å²) < 4.78 is 0. The van der Waals surface area contributed by atoms with Gasteiger partial charge in [0.25, 0.3) is 0 Å². The second kappa shape index (κ2) is 6.93. The number of rotatable bonds is 3. The van der Waals surface area contributed by atoms with Crippen molar-refractivity contribution in [1.82, 2.24) is 4.98 Å². The molecule has 1 aliphatic heterocycles. The molecule has 3 aromatic carbocycles. The van der Waals surface area contributed by atoms with E-state index in [1.165, 1.54) is 22.1 Å². The molecule has 0 fully saturated rings. The molecule has 0 radical (unpaired) electrons. The van der Waals surface area contributed by atoms with Crippen LogP contribution >= 0.6 is 0 Å². The molecule has 4 aromatic rings. The minimum absolute atomic E-state index is 0.143. The molecule has 5 rings (SSSR count). The zero-order valence-corrected chi connectivity index (χ0v) is 15.8. The molecule has 1 atom stereocenters. The van der Waals surface area contributed by atoms with Crippen molar-refractivity contribution < 1.29 is 0 Å². The van der Waals surface area contributed by atoms with E-state index in [1.54, 1.807) is 0 Å². The molecule has 0 saturated carbocycles. The average molecular weight is 363 g/mol. The largest absolute Gasteiger partial charge is 0.240 e. The highest BCUT2D eigenvalue weighted by Gasteiger charge is 2.30. The fourth-order valence-electron chi connectivity index (χ4n) is 3.91. The molecule has 0 N–H and O–H groups in total. The van der Waals surface area contributed by atoms with Gasteiger partial charge in [-0.1, -0.05) is 78.9 Å². The van der Waals surface area contributed by atoms with E-state index in [1.807, 2.05) is 12.1 Å². The number of hydrogen-bond donors (Lipinski definition) is 0. The third kappa shape index (κ3) is 2.95.